The summed E-state index contributed by atoms with van der Waals surface area (Å²) in [5.41, 5.74) is 8.03. The fourth-order valence-electron chi connectivity index (χ4n) is 5.34. The predicted molar refractivity (Wildman–Crippen MR) is 125 cm³/mol. The minimum absolute atomic E-state index is 0.238. The lowest BCUT2D eigenvalue weighted by atomic mass is 9.87. The third-order valence-electron chi connectivity index (χ3n) is 6.43. The van der Waals surface area contributed by atoms with E-state index in [0.29, 0.717) is 0 Å². The van der Waals surface area contributed by atoms with Gasteiger partial charge in [0.05, 0.1) is 33.5 Å². The molecule has 6 aromatic rings. The molecule has 4 aromatic heterocycles. The summed E-state index contributed by atoms with van der Waals surface area (Å²) in [4.78, 5) is 4.49. The van der Waals surface area contributed by atoms with E-state index in [-0.39, 0.29) is 5.41 Å². The second kappa shape index (κ2) is 5.69. The fourth-order valence-corrected chi connectivity index (χ4v) is 5.34. The molecule has 0 radical (unpaired) electrons. The van der Waals surface area contributed by atoms with Crippen LogP contribution in [0, 0.1) is 12.3 Å². The maximum atomic E-state index is 4.49. The number of benzene rings is 2. The van der Waals surface area contributed by atoms with Crippen molar-refractivity contribution >= 4 is 49.0 Å². The third-order valence-corrected chi connectivity index (χ3v) is 6.43. The van der Waals surface area contributed by atoms with Crippen molar-refractivity contribution in [3.8, 4) is 0 Å². The van der Waals surface area contributed by atoms with Crippen LogP contribution in [-0.4, -0.2) is 9.38 Å². The molecule has 30 heavy (non-hydrogen) atoms. The van der Waals surface area contributed by atoms with E-state index in [1.807, 2.05) is 12.4 Å². The van der Waals surface area contributed by atoms with E-state index in [2.05, 4.69) is 91.3 Å². The van der Waals surface area contributed by atoms with E-state index in [1.165, 1.54) is 60.1 Å². The van der Waals surface area contributed by atoms with Gasteiger partial charge in [0, 0.05) is 23.0 Å². The van der Waals surface area contributed by atoms with Crippen molar-refractivity contribution < 1.29 is 4.57 Å². The highest BCUT2D eigenvalue weighted by Crippen LogP contribution is 2.41. The van der Waals surface area contributed by atoms with Gasteiger partial charge in [0.2, 0.25) is 5.52 Å². The minimum atomic E-state index is 0.238. The highest BCUT2D eigenvalue weighted by Gasteiger charge is 2.24. The molecule has 6 rings (SSSR count). The maximum Gasteiger partial charge on any atom is 0.224 e. The number of hydrogen-bond donors (Lipinski definition) is 0. The normalized spacial score (nSPS) is 13.0. The van der Waals surface area contributed by atoms with E-state index >= 15 is 0 Å². The van der Waals surface area contributed by atoms with Crippen molar-refractivity contribution in [1.29, 1.82) is 0 Å². The van der Waals surface area contributed by atoms with Gasteiger partial charge in [0.1, 0.15) is 7.05 Å². The Balaban J connectivity index is 1.98. The molecule has 0 fully saturated rings. The van der Waals surface area contributed by atoms with E-state index in [4.69, 9.17) is 0 Å². The van der Waals surface area contributed by atoms with Gasteiger partial charge in [-0.05, 0) is 47.4 Å². The van der Waals surface area contributed by atoms with Gasteiger partial charge in [0.25, 0.3) is 0 Å². The molecule has 0 unspecified atom stereocenters. The molecule has 0 amide bonds. The van der Waals surface area contributed by atoms with E-state index < -0.39 is 0 Å². The number of hydrogen-bond acceptors (Lipinski definition) is 1. The molecule has 0 bridgehead atoms. The van der Waals surface area contributed by atoms with Crippen molar-refractivity contribution in [2.45, 2.75) is 34.1 Å². The van der Waals surface area contributed by atoms with E-state index in [9.17, 15) is 0 Å². The molecule has 0 saturated heterocycles. The lowest BCUT2D eigenvalue weighted by Crippen LogP contribution is -2.29. The number of aromatic nitrogens is 3. The largest absolute Gasteiger partial charge is 0.306 e. The summed E-state index contributed by atoms with van der Waals surface area (Å²) < 4.78 is 4.75. The Morgan fingerprint density at radius 2 is 1.80 bits per heavy atom. The highest BCUT2D eigenvalue weighted by molar-refractivity contribution is 6.25. The van der Waals surface area contributed by atoms with Crippen LogP contribution in [0.2, 0.25) is 0 Å². The van der Waals surface area contributed by atoms with Gasteiger partial charge in [-0.3, -0.25) is 4.98 Å². The molecule has 148 valence electrons. The Hall–Kier alpha value is -3.20. The van der Waals surface area contributed by atoms with Gasteiger partial charge in [-0.15, -0.1) is 0 Å². The van der Waals surface area contributed by atoms with Crippen molar-refractivity contribution in [2.75, 3.05) is 0 Å². The Morgan fingerprint density at radius 3 is 2.60 bits per heavy atom. The van der Waals surface area contributed by atoms with Crippen LogP contribution in [0.15, 0.2) is 55.0 Å². The van der Waals surface area contributed by atoms with Crippen molar-refractivity contribution in [2.24, 2.45) is 12.5 Å². The van der Waals surface area contributed by atoms with Crippen LogP contribution in [0.25, 0.3) is 49.0 Å². The average Bonchev–Trinajstić information content (AvgIpc) is 3.02. The van der Waals surface area contributed by atoms with Crippen LogP contribution >= 0.6 is 0 Å². The fraction of sp³-hybridized carbons (Fsp3) is 0.259. The first-order valence-electron chi connectivity index (χ1n) is 10.7. The zero-order valence-electron chi connectivity index (χ0n) is 18.2. The van der Waals surface area contributed by atoms with Gasteiger partial charge in [-0.25, -0.2) is 4.57 Å². The summed E-state index contributed by atoms with van der Waals surface area (Å²) >= 11 is 0. The molecule has 3 heteroatoms. The Bertz CT molecular complexity index is 1610. The van der Waals surface area contributed by atoms with E-state index in [1.54, 1.807) is 0 Å². The molecule has 0 atom stereocenters. The van der Waals surface area contributed by atoms with E-state index in [0.717, 1.165) is 6.42 Å². The lowest BCUT2D eigenvalue weighted by molar-refractivity contribution is -0.643. The average molecular weight is 393 g/mol. The van der Waals surface area contributed by atoms with Crippen molar-refractivity contribution in [3.05, 3.63) is 66.1 Å². The van der Waals surface area contributed by atoms with Crippen LogP contribution < -0.4 is 4.57 Å². The van der Waals surface area contributed by atoms with Crippen LogP contribution in [0.5, 0.6) is 0 Å². The van der Waals surface area contributed by atoms with Gasteiger partial charge < -0.3 is 4.40 Å². The first-order chi connectivity index (χ1) is 14.3. The maximum absolute atomic E-state index is 4.49. The molecule has 0 aliphatic carbocycles. The molecule has 4 heterocycles. The molecule has 0 N–H and O–H groups in total. The molecule has 0 aliphatic heterocycles. The summed E-state index contributed by atoms with van der Waals surface area (Å²) in [6.07, 6.45) is 7.18. The van der Waals surface area contributed by atoms with Crippen molar-refractivity contribution in [3.63, 3.8) is 0 Å². The monoisotopic (exact) mass is 392 g/mol. The first kappa shape index (κ1) is 17.6. The van der Waals surface area contributed by atoms with Gasteiger partial charge in [-0.2, -0.15) is 0 Å². The second-order valence-corrected chi connectivity index (χ2v) is 9.97. The summed E-state index contributed by atoms with van der Waals surface area (Å²) in [7, 11) is 2.17. The van der Waals surface area contributed by atoms with Gasteiger partial charge in [0.15, 0.2) is 6.20 Å². The summed E-state index contributed by atoms with van der Waals surface area (Å²) in [6, 6.07) is 13.8. The SMILES string of the molecule is Cc1ccc2c3ccncc3n3c4cc(CC(C)(C)C)cc5cc[n+](C)c(c1c23)c54. The predicted octanol–water partition coefficient (Wildman–Crippen LogP) is 6.11. The molecule has 0 saturated carbocycles. The number of aryl methyl sites for hydroxylation is 2. The number of pyridine rings is 3. The number of fused-ring (bicyclic) bond motifs is 5. The summed E-state index contributed by atoms with van der Waals surface area (Å²) in [5, 5.41) is 6.56. The highest BCUT2D eigenvalue weighted by atomic mass is 15.0. The molecular formula is C27H26N3+. The van der Waals surface area contributed by atoms with Gasteiger partial charge in [-0.1, -0.05) is 39.0 Å². The molecule has 2 aromatic carbocycles. The molecule has 0 aliphatic rings. The van der Waals surface area contributed by atoms with Crippen LogP contribution in [0.3, 0.4) is 0 Å². The Kier molecular flexibility index (Phi) is 3.35. The van der Waals surface area contributed by atoms with Crippen LogP contribution in [0.4, 0.5) is 0 Å². The Labute approximate surface area is 175 Å². The van der Waals surface area contributed by atoms with Gasteiger partial charge >= 0.3 is 0 Å². The zero-order valence-corrected chi connectivity index (χ0v) is 18.2. The second-order valence-electron chi connectivity index (χ2n) is 9.97. The number of rotatable bonds is 1. The molecule has 3 nitrogen and oxygen atoms in total. The first-order valence-corrected chi connectivity index (χ1v) is 10.7. The van der Waals surface area contributed by atoms with Crippen molar-refractivity contribution in [1.82, 2.24) is 9.38 Å². The minimum Gasteiger partial charge on any atom is -0.306 e. The van der Waals surface area contributed by atoms with Crippen LogP contribution in [-0.2, 0) is 13.5 Å². The summed E-state index contributed by atoms with van der Waals surface area (Å²) in [6.45, 7) is 9.16. The molecule has 0 spiro atoms. The topological polar surface area (TPSA) is 21.2 Å². The summed E-state index contributed by atoms with van der Waals surface area (Å²) in [5.74, 6) is 0. The third kappa shape index (κ3) is 2.26. The molecular weight excluding hydrogens is 366 g/mol. The quantitative estimate of drug-likeness (QED) is 0.188. The number of nitrogens with zero attached hydrogens (tertiary/aromatic N) is 3. The Morgan fingerprint density at radius 1 is 0.967 bits per heavy atom. The standard InChI is InChI=1S/C27H26N3/c1-16-6-7-20-19-8-10-28-15-22(19)30-21-13-17(14-27(2,3)4)12-18-9-11-29(5)26(24(18)21)23(16)25(20)30/h6-13,15H,14H2,1-5H3/q+1. The smallest absolute Gasteiger partial charge is 0.224 e. The lowest BCUT2D eigenvalue weighted by Gasteiger charge is -2.20. The van der Waals surface area contributed by atoms with Crippen LogP contribution in [0.1, 0.15) is 31.9 Å². The zero-order chi connectivity index (χ0) is 20.8.